The highest BCUT2D eigenvalue weighted by Gasteiger charge is 2.26. The normalized spacial score (nSPS) is 22.6. The number of nitrogens with one attached hydrogen (secondary N) is 1. The number of amides is 2. The van der Waals surface area contributed by atoms with Gasteiger partial charge in [-0.3, -0.25) is 4.68 Å². The molecule has 1 aliphatic heterocycles. The van der Waals surface area contributed by atoms with Gasteiger partial charge in [-0.05, 0) is 42.7 Å². The fraction of sp³-hybridized carbons (Fsp3) is 0.526. The van der Waals surface area contributed by atoms with E-state index in [4.69, 9.17) is 0 Å². The molecule has 1 fully saturated rings. The Morgan fingerprint density at radius 3 is 3.08 bits per heavy atom. The van der Waals surface area contributed by atoms with Crippen LogP contribution in [0, 0.1) is 5.92 Å². The molecule has 2 aliphatic rings. The average molecular weight is 339 g/mol. The van der Waals surface area contributed by atoms with Crippen LogP contribution in [0.25, 0.3) is 0 Å². The average Bonchev–Trinajstić information content (AvgIpc) is 3.30. The van der Waals surface area contributed by atoms with Gasteiger partial charge in [-0.15, -0.1) is 5.10 Å². The van der Waals surface area contributed by atoms with Gasteiger partial charge in [0, 0.05) is 38.3 Å². The van der Waals surface area contributed by atoms with Crippen molar-refractivity contribution in [3.05, 3.63) is 47.8 Å². The summed E-state index contributed by atoms with van der Waals surface area (Å²) >= 11 is 0. The molecule has 1 saturated heterocycles. The molecule has 0 spiro atoms. The van der Waals surface area contributed by atoms with Gasteiger partial charge in [-0.2, -0.15) is 0 Å². The molecule has 2 aromatic rings. The number of piperidine rings is 1. The summed E-state index contributed by atoms with van der Waals surface area (Å²) in [6, 6.07) is 8.68. The fourth-order valence-corrected chi connectivity index (χ4v) is 4.17. The minimum atomic E-state index is 0.0765. The van der Waals surface area contributed by atoms with Gasteiger partial charge in [-0.25, -0.2) is 4.79 Å². The molecule has 132 valence electrons. The SMILES string of the molecule is O=C(NC[C@H]1CCc2ccccc21)N1CCC[C@@H](Cn2ccnn2)C1. The summed E-state index contributed by atoms with van der Waals surface area (Å²) in [4.78, 5) is 14.6. The van der Waals surface area contributed by atoms with Crippen LogP contribution in [0.2, 0.25) is 0 Å². The third kappa shape index (κ3) is 3.67. The van der Waals surface area contributed by atoms with Crippen molar-refractivity contribution in [2.45, 2.75) is 38.1 Å². The van der Waals surface area contributed by atoms with Crippen molar-refractivity contribution in [2.24, 2.45) is 5.92 Å². The van der Waals surface area contributed by atoms with E-state index in [-0.39, 0.29) is 6.03 Å². The van der Waals surface area contributed by atoms with E-state index in [1.165, 1.54) is 11.1 Å². The van der Waals surface area contributed by atoms with E-state index in [0.717, 1.165) is 51.9 Å². The Bertz CT molecular complexity index is 714. The number of nitrogens with zero attached hydrogens (tertiary/aromatic N) is 4. The van der Waals surface area contributed by atoms with E-state index >= 15 is 0 Å². The van der Waals surface area contributed by atoms with Gasteiger partial charge < -0.3 is 10.2 Å². The Kier molecular flexibility index (Phi) is 4.68. The van der Waals surface area contributed by atoms with Gasteiger partial charge in [0.05, 0.1) is 6.20 Å². The predicted molar refractivity (Wildman–Crippen MR) is 95.2 cm³/mol. The zero-order chi connectivity index (χ0) is 17.1. The van der Waals surface area contributed by atoms with Crippen molar-refractivity contribution in [3.63, 3.8) is 0 Å². The number of aryl methyl sites for hydroxylation is 1. The topological polar surface area (TPSA) is 63.1 Å². The molecule has 25 heavy (non-hydrogen) atoms. The van der Waals surface area contributed by atoms with Crippen molar-refractivity contribution in [1.29, 1.82) is 0 Å². The minimum absolute atomic E-state index is 0.0765. The molecule has 0 unspecified atom stereocenters. The second-order valence-electron chi connectivity index (χ2n) is 7.20. The van der Waals surface area contributed by atoms with Gasteiger partial charge in [0.15, 0.2) is 0 Å². The first-order valence-corrected chi connectivity index (χ1v) is 9.24. The monoisotopic (exact) mass is 339 g/mol. The number of carbonyl (C=O) groups excluding carboxylic acids is 1. The molecule has 2 amide bonds. The van der Waals surface area contributed by atoms with Crippen LogP contribution in [0.3, 0.4) is 0 Å². The minimum Gasteiger partial charge on any atom is -0.337 e. The Labute approximate surface area is 148 Å². The lowest BCUT2D eigenvalue weighted by Crippen LogP contribution is -2.47. The number of hydrogen-bond donors (Lipinski definition) is 1. The van der Waals surface area contributed by atoms with Gasteiger partial charge in [-0.1, -0.05) is 29.5 Å². The summed E-state index contributed by atoms with van der Waals surface area (Å²) in [6.07, 6.45) is 8.04. The number of urea groups is 1. The molecule has 1 aliphatic carbocycles. The van der Waals surface area contributed by atoms with E-state index in [0.29, 0.717) is 11.8 Å². The molecule has 2 atom stereocenters. The van der Waals surface area contributed by atoms with E-state index in [1.807, 2.05) is 15.8 Å². The highest BCUT2D eigenvalue weighted by Crippen LogP contribution is 2.32. The van der Waals surface area contributed by atoms with Gasteiger partial charge in [0.2, 0.25) is 0 Å². The van der Waals surface area contributed by atoms with Gasteiger partial charge in [0.1, 0.15) is 0 Å². The Morgan fingerprint density at radius 2 is 2.20 bits per heavy atom. The van der Waals surface area contributed by atoms with E-state index < -0.39 is 0 Å². The molecule has 1 N–H and O–H groups in total. The standard InChI is InChI=1S/C19H25N5O/c25-19(20-12-17-8-7-16-5-1-2-6-18(16)17)23-10-3-4-15(13-23)14-24-11-9-21-22-24/h1-2,5-6,9,11,15,17H,3-4,7-8,10,12-14H2,(H,20,25)/t15-,17-/m1/s1. The lowest BCUT2D eigenvalue weighted by atomic mass is 9.98. The summed E-state index contributed by atoms with van der Waals surface area (Å²) < 4.78 is 1.86. The Morgan fingerprint density at radius 1 is 1.28 bits per heavy atom. The van der Waals surface area contributed by atoms with E-state index in [1.54, 1.807) is 6.20 Å². The van der Waals surface area contributed by atoms with Crippen LogP contribution >= 0.6 is 0 Å². The lowest BCUT2D eigenvalue weighted by molar-refractivity contribution is 0.157. The molecule has 0 saturated carbocycles. The maximum Gasteiger partial charge on any atom is 0.317 e. The number of fused-ring (bicyclic) bond motifs is 1. The first-order valence-electron chi connectivity index (χ1n) is 9.24. The van der Waals surface area contributed by atoms with Gasteiger partial charge >= 0.3 is 6.03 Å². The fourth-order valence-electron chi connectivity index (χ4n) is 4.17. The quantitative estimate of drug-likeness (QED) is 0.930. The molecule has 4 rings (SSSR count). The van der Waals surface area contributed by atoms with Crippen LogP contribution in [-0.2, 0) is 13.0 Å². The number of carbonyl (C=O) groups is 1. The van der Waals surface area contributed by atoms with Crippen molar-refractivity contribution < 1.29 is 4.79 Å². The Balaban J connectivity index is 1.29. The van der Waals surface area contributed by atoms with Crippen LogP contribution in [0.4, 0.5) is 4.79 Å². The molecule has 6 nitrogen and oxygen atoms in total. The lowest BCUT2D eigenvalue weighted by Gasteiger charge is -2.33. The van der Waals surface area contributed by atoms with Crippen molar-refractivity contribution >= 4 is 6.03 Å². The number of hydrogen-bond acceptors (Lipinski definition) is 3. The molecule has 1 aromatic heterocycles. The highest BCUT2D eigenvalue weighted by atomic mass is 16.2. The smallest absolute Gasteiger partial charge is 0.317 e. The zero-order valence-corrected chi connectivity index (χ0v) is 14.5. The largest absolute Gasteiger partial charge is 0.337 e. The summed E-state index contributed by atoms with van der Waals surface area (Å²) in [6.45, 7) is 3.22. The van der Waals surface area contributed by atoms with Crippen LogP contribution in [0.15, 0.2) is 36.7 Å². The second-order valence-corrected chi connectivity index (χ2v) is 7.20. The summed E-state index contributed by atoms with van der Waals surface area (Å²) in [5, 5.41) is 11.1. The third-order valence-electron chi connectivity index (χ3n) is 5.48. The number of likely N-dealkylation sites (tertiary alicyclic amines) is 1. The first kappa shape index (κ1) is 16.1. The molecule has 0 bridgehead atoms. The third-order valence-corrected chi connectivity index (χ3v) is 5.48. The summed E-state index contributed by atoms with van der Waals surface area (Å²) in [5.41, 5.74) is 2.85. The van der Waals surface area contributed by atoms with Crippen molar-refractivity contribution in [3.8, 4) is 0 Å². The molecule has 6 heteroatoms. The van der Waals surface area contributed by atoms with Crippen LogP contribution in [0.5, 0.6) is 0 Å². The number of rotatable bonds is 4. The second kappa shape index (κ2) is 7.25. The van der Waals surface area contributed by atoms with E-state index in [9.17, 15) is 4.79 Å². The van der Waals surface area contributed by atoms with Crippen LogP contribution in [0.1, 0.15) is 36.3 Å². The number of benzene rings is 1. The molecule has 1 aromatic carbocycles. The maximum atomic E-state index is 12.6. The number of aromatic nitrogens is 3. The van der Waals surface area contributed by atoms with Gasteiger partial charge in [0.25, 0.3) is 0 Å². The molecule has 2 heterocycles. The Hall–Kier alpha value is -2.37. The van der Waals surface area contributed by atoms with Crippen LogP contribution < -0.4 is 5.32 Å². The van der Waals surface area contributed by atoms with Crippen LogP contribution in [-0.4, -0.2) is 45.6 Å². The summed E-state index contributed by atoms with van der Waals surface area (Å²) in [7, 11) is 0. The van der Waals surface area contributed by atoms with Crippen molar-refractivity contribution in [1.82, 2.24) is 25.2 Å². The highest BCUT2D eigenvalue weighted by molar-refractivity contribution is 5.74. The maximum absolute atomic E-state index is 12.6. The summed E-state index contributed by atoms with van der Waals surface area (Å²) in [5.74, 6) is 0.907. The molecular formula is C19H25N5O. The predicted octanol–water partition coefficient (Wildman–Crippen LogP) is 2.43. The first-order chi connectivity index (χ1) is 12.3. The zero-order valence-electron chi connectivity index (χ0n) is 14.5. The molecule has 0 radical (unpaired) electrons. The van der Waals surface area contributed by atoms with Crippen molar-refractivity contribution in [2.75, 3.05) is 19.6 Å². The molecular weight excluding hydrogens is 314 g/mol. The van der Waals surface area contributed by atoms with E-state index in [2.05, 4.69) is 39.9 Å².